The van der Waals surface area contributed by atoms with E-state index in [-0.39, 0.29) is 16.8 Å². The number of carbonyl (C=O) groups excluding carboxylic acids is 1. The number of nitrogens with zero attached hydrogens (tertiary/aromatic N) is 1. The molecule has 0 amide bonds. The molecule has 0 saturated carbocycles. The number of para-hydroxylation sites is 1. The van der Waals surface area contributed by atoms with Crippen molar-refractivity contribution in [2.45, 2.75) is 6.92 Å². The van der Waals surface area contributed by atoms with E-state index >= 15 is 0 Å². The highest BCUT2D eigenvalue weighted by atomic mass is 16.1. The third-order valence-corrected chi connectivity index (χ3v) is 3.65. The van der Waals surface area contributed by atoms with Crippen LogP contribution in [0.5, 0.6) is 0 Å². The Morgan fingerprint density at radius 1 is 1.00 bits per heavy atom. The Kier molecular flexibility index (Phi) is 3.18. The van der Waals surface area contributed by atoms with Gasteiger partial charge in [-0.25, -0.2) is 0 Å². The average molecular weight is 277 g/mol. The third-order valence-electron chi connectivity index (χ3n) is 3.65. The molecule has 0 atom stereocenters. The molecule has 3 heteroatoms. The molecular weight excluding hydrogens is 262 g/mol. The summed E-state index contributed by atoms with van der Waals surface area (Å²) in [6.45, 7) is 1.96. The van der Waals surface area contributed by atoms with Crippen LogP contribution in [0.15, 0.2) is 59.5 Å². The predicted octanol–water partition coefficient (Wildman–Crippen LogP) is 3.08. The molecule has 104 valence electrons. The molecule has 0 unspecified atom stereocenters. The molecule has 0 fully saturated rings. The molecule has 2 aromatic carbocycles. The Hall–Kier alpha value is -2.68. The summed E-state index contributed by atoms with van der Waals surface area (Å²) in [5.41, 5.74) is 2.43. The smallest absolute Gasteiger partial charge is 0.200 e. The van der Waals surface area contributed by atoms with Crippen molar-refractivity contribution in [2.75, 3.05) is 0 Å². The summed E-state index contributed by atoms with van der Waals surface area (Å²) in [7, 11) is 1.84. The fraction of sp³-hybridized carbons (Fsp3) is 0.111. The maximum atomic E-state index is 12.6. The highest BCUT2D eigenvalue weighted by Gasteiger charge is 2.15. The van der Waals surface area contributed by atoms with Crippen molar-refractivity contribution in [1.29, 1.82) is 0 Å². The molecule has 0 bridgehead atoms. The van der Waals surface area contributed by atoms with E-state index in [9.17, 15) is 9.59 Å². The number of fused-ring (bicyclic) bond motifs is 1. The molecule has 3 nitrogen and oxygen atoms in total. The molecule has 0 spiro atoms. The first-order valence-electron chi connectivity index (χ1n) is 6.77. The Bertz CT molecular complexity index is 889. The SMILES string of the molecule is Cc1ccc(C(=O)c2cn(C)c3ccccc3c2=O)cc1. The van der Waals surface area contributed by atoms with E-state index in [0.717, 1.165) is 11.1 Å². The standard InChI is InChI=1S/C18H15NO2/c1-12-7-9-13(10-8-12)17(20)15-11-19(2)16-6-4-3-5-14(16)18(15)21/h3-11H,1-2H3. The number of hydrogen-bond donors (Lipinski definition) is 0. The van der Waals surface area contributed by atoms with Gasteiger partial charge in [-0.2, -0.15) is 0 Å². The largest absolute Gasteiger partial charge is 0.350 e. The van der Waals surface area contributed by atoms with Crippen LogP contribution >= 0.6 is 0 Å². The Balaban J connectivity index is 2.21. The van der Waals surface area contributed by atoms with Crippen molar-refractivity contribution < 1.29 is 4.79 Å². The molecule has 3 aromatic rings. The number of aryl methyl sites for hydroxylation is 2. The van der Waals surface area contributed by atoms with E-state index in [4.69, 9.17) is 0 Å². The topological polar surface area (TPSA) is 39.1 Å². The molecule has 0 aliphatic carbocycles. The molecule has 3 rings (SSSR count). The lowest BCUT2D eigenvalue weighted by atomic mass is 10.0. The summed E-state index contributed by atoms with van der Waals surface area (Å²) in [5.74, 6) is -0.235. The lowest BCUT2D eigenvalue weighted by Crippen LogP contribution is -2.18. The second-order valence-corrected chi connectivity index (χ2v) is 5.20. The summed E-state index contributed by atoms with van der Waals surface area (Å²) >= 11 is 0. The van der Waals surface area contributed by atoms with Gasteiger partial charge in [0, 0.05) is 24.2 Å². The molecule has 0 saturated heterocycles. The second kappa shape index (κ2) is 5.02. The summed E-state index contributed by atoms with van der Waals surface area (Å²) in [6.07, 6.45) is 1.62. The fourth-order valence-corrected chi connectivity index (χ4v) is 2.46. The first-order valence-corrected chi connectivity index (χ1v) is 6.77. The van der Waals surface area contributed by atoms with Crippen LogP contribution in [0.4, 0.5) is 0 Å². The minimum atomic E-state index is -0.235. The van der Waals surface area contributed by atoms with E-state index < -0.39 is 0 Å². The zero-order valence-electron chi connectivity index (χ0n) is 12.0. The monoisotopic (exact) mass is 277 g/mol. The fourth-order valence-electron chi connectivity index (χ4n) is 2.46. The van der Waals surface area contributed by atoms with Gasteiger partial charge in [-0.05, 0) is 19.1 Å². The molecule has 0 aliphatic heterocycles. The van der Waals surface area contributed by atoms with Gasteiger partial charge in [0.25, 0.3) is 0 Å². The van der Waals surface area contributed by atoms with Gasteiger partial charge in [0.1, 0.15) is 0 Å². The minimum Gasteiger partial charge on any atom is -0.350 e. The van der Waals surface area contributed by atoms with Gasteiger partial charge < -0.3 is 4.57 Å². The Morgan fingerprint density at radius 2 is 1.67 bits per heavy atom. The van der Waals surface area contributed by atoms with E-state index in [1.165, 1.54) is 0 Å². The second-order valence-electron chi connectivity index (χ2n) is 5.20. The number of ketones is 1. The van der Waals surface area contributed by atoms with Crippen molar-refractivity contribution in [3.8, 4) is 0 Å². The maximum absolute atomic E-state index is 12.6. The average Bonchev–Trinajstić information content (AvgIpc) is 2.51. The van der Waals surface area contributed by atoms with Crippen molar-refractivity contribution in [2.24, 2.45) is 7.05 Å². The minimum absolute atomic E-state index is 0.208. The van der Waals surface area contributed by atoms with Gasteiger partial charge >= 0.3 is 0 Å². The third kappa shape index (κ3) is 2.27. The number of aromatic nitrogens is 1. The number of carbonyl (C=O) groups is 1. The van der Waals surface area contributed by atoms with Gasteiger partial charge in [-0.1, -0.05) is 42.0 Å². The molecule has 0 aliphatic rings. The zero-order chi connectivity index (χ0) is 15.0. The molecule has 21 heavy (non-hydrogen) atoms. The summed E-state index contributed by atoms with van der Waals surface area (Å²) in [5, 5.41) is 0.568. The van der Waals surface area contributed by atoms with Crippen LogP contribution in [0.2, 0.25) is 0 Å². The van der Waals surface area contributed by atoms with Crippen molar-refractivity contribution in [3.63, 3.8) is 0 Å². The van der Waals surface area contributed by atoms with Crippen molar-refractivity contribution in [1.82, 2.24) is 4.57 Å². The van der Waals surface area contributed by atoms with Crippen LogP contribution in [0.25, 0.3) is 10.9 Å². The maximum Gasteiger partial charge on any atom is 0.200 e. The van der Waals surface area contributed by atoms with Gasteiger partial charge in [0.05, 0.1) is 11.1 Å². The number of rotatable bonds is 2. The predicted molar refractivity (Wildman–Crippen MR) is 83.8 cm³/mol. The van der Waals surface area contributed by atoms with Gasteiger partial charge in [0.15, 0.2) is 5.78 Å². The number of hydrogen-bond acceptors (Lipinski definition) is 2. The zero-order valence-corrected chi connectivity index (χ0v) is 12.0. The molecular formula is C18H15NO2. The number of benzene rings is 2. The first-order chi connectivity index (χ1) is 10.1. The van der Waals surface area contributed by atoms with Crippen LogP contribution in [-0.4, -0.2) is 10.4 Å². The van der Waals surface area contributed by atoms with Gasteiger partial charge in [0.2, 0.25) is 5.43 Å². The van der Waals surface area contributed by atoms with Crippen LogP contribution in [-0.2, 0) is 7.05 Å². The van der Waals surface area contributed by atoms with E-state index in [0.29, 0.717) is 10.9 Å². The van der Waals surface area contributed by atoms with Crippen LogP contribution in [0, 0.1) is 6.92 Å². The lowest BCUT2D eigenvalue weighted by molar-refractivity contribution is 0.103. The molecule has 0 radical (unpaired) electrons. The van der Waals surface area contributed by atoms with E-state index in [2.05, 4.69) is 0 Å². The highest BCUT2D eigenvalue weighted by molar-refractivity contribution is 6.10. The molecule has 1 heterocycles. The van der Waals surface area contributed by atoms with Crippen LogP contribution < -0.4 is 5.43 Å². The van der Waals surface area contributed by atoms with Crippen LogP contribution in [0.3, 0.4) is 0 Å². The van der Waals surface area contributed by atoms with Crippen molar-refractivity contribution >= 4 is 16.7 Å². The summed E-state index contributed by atoms with van der Waals surface area (Å²) in [6, 6.07) is 14.6. The number of pyridine rings is 1. The molecule has 0 N–H and O–H groups in total. The normalized spacial score (nSPS) is 10.8. The Morgan fingerprint density at radius 3 is 2.38 bits per heavy atom. The summed E-state index contributed by atoms with van der Waals surface area (Å²) < 4.78 is 1.82. The van der Waals surface area contributed by atoms with Crippen LogP contribution in [0.1, 0.15) is 21.5 Å². The first kappa shape index (κ1) is 13.3. The van der Waals surface area contributed by atoms with Gasteiger partial charge in [-0.3, -0.25) is 9.59 Å². The lowest BCUT2D eigenvalue weighted by Gasteiger charge is -2.08. The van der Waals surface area contributed by atoms with Gasteiger partial charge in [-0.15, -0.1) is 0 Å². The van der Waals surface area contributed by atoms with E-state index in [1.807, 2.05) is 48.9 Å². The quantitative estimate of drug-likeness (QED) is 0.675. The molecule has 1 aromatic heterocycles. The van der Waals surface area contributed by atoms with Crippen molar-refractivity contribution in [3.05, 3.63) is 81.6 Å². The summed E-state index contributed by atoms with van der Waals surface area (Å²) in [4.78, 5) is 25.1. The highest BCUT2D eigenvalue weighted by Crippen LogP contribution is 2.13. The van der Waals surface area contributed by atoms with E-state index in [1.54, 1.807) is 24.4 Å². The Labute approximate surface area is 122 Å².